The number of halogens is 2. The fourth-order valence-corrected chi connectivity index (χ4v) is 2.65. The molecular weight excluding hydrogens is 454 g/mol. The quantitative estimate of drug-likeness (QED) is 0.407. The second-order valence-corrected chi connectivity index (χ2v) is 5.54. The topological polar surface area (TPSA) is 66.4 Å². The Bertz CT molecular complexity index is 622. The normalized spacial score (nSPS) is 14.5. The smallest absolute Gasteiger partial charge is 0.409 e. The lowest BCUT2D eigenvalue weighted by Crippen LogP contribution is -2.53. The number of nitrogens with zero attached hydrogens (tertiary/aromatic N) is 3. The van der Waals surface area contributed by atoms with Crippen molar-refractivity contribution in [3.05, 3.63) is 29.6 Å². The van der Waals surface area contributed by atoms with Crippen LogP contribution in [0.5, 0.6) is 5.75 Å². The highest BCUT2D eigenvalue weighted by molar-refractivity contribution is 14.0. The van der Waals surface area contributed by atoms with E-state index in [1.165, 1.54) is 13.2 Å². The Balaban J connectivity index is 0.00000338. The maximum absolute atomic E-state index is 13.8. The summed E-state index contributed by atoms with van der Waals surface area (Å²) < 4.78 is 23.7. The first kappa shape index (κ1) is 22.3. The van der Waals surface area contributed by atoms with Gasteiger partial charge in [0.15, 0.2) is 17.5 Å². The van der Waals surface area contributed by atoms with Crippen LogP contribution in [0.3, 0.4) is 0 Å². The molecule has 7 nitrogen and oxygen atoms in total. The number of hydrogen-bond donors (Lipinski definition) is 1. The Morgan fingerprint density at radius 1 is 1.27 bits per heavy atom. The molecule has 146 valence electrons. The van der Waals surface area contributed by atoms with Gasteiger partial charge < -0.3 is 24.6 Å². The fourth-order valence-electron chi connectivity index (χ4n) is 2.65. The lowest BCUT2D eigenvalue weighted by molar-refractivity contribution is 0.0914. The average Bonchev–Trinajstić information content (AvgIpc) is 2.63. The number of carbonyl (C=O) groups excluding carboxylic acids is 1. The first-order valence-electron chi connectivity index (χ1n) is 8.28. The molecule has 0 saturated carbocycles. The van der Waals surface area contributed by atoms with Gasteiger partial charge in [-0.2, -0.15) is 0 Å². The predicted octanol–water partition coefficient (Wildman–Crippen LogP) is 2.30. The van der Waals surface area contributed by atoms with Crippen LogP contribution < -0.4 is 10.1 Å². The van der Waals surface area contributed by atoms with Crippen LogP contribution in [0.15, 0.2) is 23.2 Å². The van der Waals surface area contributed by atoms with Crippen molar-refractivity contribution in [2.24, 2.45) is 4.99 Å². The second-order valence-electron chi connectivity index (χ2n) is 5.54. The maximum Gasteiger partial charge on any atom is 0.409 e. The Kier molecular flexibility index (Phi) is 9.46. The number of methoxy groups -OCH3 is 1. The van der Waals surface area contributed by atoms with Crippen molar-refractivity contribution < 1.29 is 18.7 Å². The molecule has 0 radical (unpaired) electrons. The fraction of sp³-hybridized carbons (Fsp3) is 0.529. The number of ether oxygens (including phenoxy) is 2. The summed E-state index contributed by atoms with van der Waals surface area (Å²) in [5.74, 6) is 0.558. The van der Waals surface area contributed by atoms with Gasteiger partial charge in [-0.25, -0.2) is 9.18 Å². The van der Waals surface area contributed by atoms with Crippen LogP contribution in [0.2, 0.25) is 0 Å². The van der Waals surface area contributed by atoms with Crippen molar-refractivity contribution in [1.29, 1.82) is 0 Å². The number of benzene rings is 1. The molecule has 26 heavy (non-hydrogen) atoms. The summed E-state index contributed by atoms with van der Waals surface area (Å²) in [4.78, 5) is 19.8. The van der Waals surface area contributed by atoms with Crippen molar-refractivity contribution in [3.63, 3.8) is 0 Å². The highest BCUT2D eigenvalue weighted by Crippen LogP contribution is 2.17. The summed E-state index contributed by atoms with van der Waals surface area (Å²) in [5, 5.41) is 3.22. The monoisotopic (exact) mass is 480 g/mol. The summed E-state index contributed by atoms with van der Waals surface area (Å²) in [5.41, 5.74) is 0.796. The Morgan fingerprint density at radius 2 is 1.92 bits per heavy atom. The van der Waals surface area contributed by atoms with Gasteiger partial charge in [-0.15, -0.1) is 24.0 Å². The molecule has 0 unspecified atom stereocenters. The van der Waals surface area contributed by atoms with E-state index >= 15 is 0 Å². The predicted molar refractivity (Wildman–Crippen MR) is 109 cm³/mol. The van der Waals surface area contributed by atoms with Crippen molar-refractivity contribution in [2.45, 2.75) is 13.5 Å². The zero-order chi connectivity index (χ0) is 18.2. The van der Waals surface area contributed by atoms with Crippen LogP contribution in [-0.4, -0.2) is 68.8 Å². The average molecular weight is 480 g/mol. The maximum atomic E-state index is 13.8. The van der Waals surface area contributed by atoms with Crippen molar-refractivity contribution in [3.8, 4) is 5.75 Å². The number of piperazine rings is 1. The minimum Gasteiger partial charge on any atom is -0.494 e. The molecule has 1 saturated heterocycles. The summed E-state index contributed by atoms with van der Waals surface area (Å²) >= 11 is 0. The Labute approximate surface area is 170 Å². The zero-order valence-electron chi connectivity index (χ0n) is 15.3. The van der Waals surface area contributed by atoms with Gasteiger partial charge in [0.05, 0.1) is 13.7 Å². The van der Waals surface area contributed by atoms with E-state index in [4.69, 9.17) is 9.47 Å². The highest BCUT2D eigenvalue weighted by Gasteiger charge is 2.23. The molecule has 1 amide bonds. The summed E-state index contributed by atoms with van der Waals surface area (Å²) in [6.07, 6.45) is -0.279. The van der Waals surface area contributed by atoms with Crippen LogP contribution >= 0.6 is 24.0 Å². The lowest BCUT2D eigenvalue weighted by Gasteiger charge is -2.35. The van der Waals surface area contributed by atoms with Gasteiger partial charge >= 0.3 is 6.09 Å². The third kappa shape index (κ3) is 5.89. The second kappa shape index (κ2) is 11.0. The molecule has 1 aliphatic rings. The molecule has 0 aliphatic carbocycles. The molecule has 0 atom stereocenters. The van der Waals surface area contributed by atoms with Crippen LogP contribution in [-0.2, 0) is 11.3 Å². The third-order valence-electron chi connectivity index (χ3n) is 3.98. The van der Waals surface area contributed by atoms with Gasteiger partial charge in [0.25, 0.3) is 0 Å². The standard InChI is InChI=1S/C17H25FN4O3.HI/c1-4-25-17(23)22-9-7-21(8-10-22)16(19-2)20-12-13-5-6-15(24-3)14(18)11-13;/h5-6,11H,4,7-10,12H2,1-3H3,(H,19,20);1H. The molecule has 0 bridgehead atoms. The molecule has 2 rings (SSSR count). The van der Waals surface area contributed by atoms with Gasteiger partial charge in [0, 0.05) is 39.8 Å². The first-order chi connectivity index (χ1) is 12.1. The van der Waals surface area contributed by atoms with E-state index in [1.54, 1.807) is 31.0 Å². The van der Waals surface area contributed by atoms with Crippen LogP contribution in [0.4, 0.5) is 9.18 Å². The number of amides is 1. The molecule has 1 aliphatic heterocycles. The number of carbonyl (C=O) groups is 1. The van der Waals surface area contributed by atoms with E-state index in [0.29, 0.717) is 39.3 Å². The van der Waals surface area contributed by atoms with Gasteiger partial charge in [0.1, 0.15) is 0 Å². The highest BCUT2D eigenvalue weighted by atomic mass is 127. The minimum atomic E-state index is -0.389. The molecule has 1 heterocycles. The zero-order valence-corrected chi connectivity index (χ0v) is 17.7. The number of guanidine groups is 1. The van der Waals surface area contributed by atoms with Gasteiger partial charge in [-0.05, 0) is 24.6 Å². The van der Waals surface area contributed by atoms with Crippen LogP contribution in [0, 0.1) is 5.82 Å². The number of aliphatic imine (C=N–C) groups is 1. The van der Waals surface area contributed by atoms with Crippen molar-refractivity contribution in [2.75, 3.05) is 46.9 Å². The molecule has 1 N–H and O–H groups in total. The number of hydrogen-bond acceptors (Lipinski definition) is 4. The van der Waals surface area contributed by atoms with E-state index in [1.807, 2.05) is 0 Å². The van der Waals surface area contributed by atoms with E-state index in [9.17, 15) is 9.18 Å². The van der Waals surface area contributed by atoms with E-state index in [0.717, 1.165) is 11.5 Å². The van der Waals surface area contributed by atoms with Gasteiger partial charge in [0.2, 0.25) is 0 Å². The van der Waals surface area contributed by atoms with Gasteiger partial charge in [-0.1, -0.05) is 6.07 Å². The summed E-state index contributed by atoms with van der Waals surface area (Å²) in [6, 6.07) is 4.85. The minimum absolute atomic E-state index is 0. The molecule has 9 heteroatoms. The Morgan fingerprint density at radius 3 is 2.46 bits per heavy atom. The van der Waals surface area contributed by atoms with E-state index in [2.05, 4.69) is 15.2 Å². The molecular formula is C17H26FIN4O3. The van der Waals surface area contributed by atoms with Crippen LogP contribution in [0.1, 0.15) is 12.5 Å². The summed E-state index contributed by atoms with van der Waals surface area (Å²) in [6.45, 7) is 5.10. The largest absolute Gasteiger partial charge is 0.494 e. The van der Waals surface area contributed by atoms with Crippen molar-refractivity contribution in [1.82, 2.24) is 15.1 Å². The summed E-state index contributed by atoms with van der Waals surface area (Å²) in [7, 11) is 3.14. The lowest BCUT2D eigenvalue weighted by atomic mass is 10.2. The number of rotatable bonds is 4. The van der Waals surface area contributed by atoms with Crippen LogP contribution in [0.25, 0.3) is 0 Å². The molecule has 0 aromatic heterocycles. The van der Waals surface area contributed by atoms with E-state index < -0.39 is 0 Å². The molecule has 0 spiro atoms. The van der Waals surface area contributed by atoms with Crippen molar-refractivity contribution >= 4 is 36.0 Å². The van der Waals surface area contributed by atoms with E-state index in [-0.39, 0.29) is 41.6 Å². The third-order valence-corrected chi connectivity index (χ3v) is 3.98. The molecule has 1 fully saturated rings. The molecule has 1 aromatic rings. The SMILES string of the molecule is CCOC(=O)N1CCN(C(=NC)NCc2ccc(OC)c(F)c2)CC1.I. The molecule has 1 aromatic carbocycles. The number of nitrogens with one attached hydrogen (secondary N) is 1. The van der Waals surface area contributed by atoms with Gasteiger partial charge in [-0.3, -0.25) is 4.99 Å². The Hall–Kier alpha value is -1.78. The first-order valence-corrected chi connectivity index (χ1v) is 8.28.